The molecule has 0 heterocycles. The number of carbonyl (C=O) groups excluding carboxylic acids is 2. The van der Waals surface area contributed by atoms with E-state index in [1.807, 2.05) is 25.1 Å². The van der Waals surface area contributed by atoms with E-state index < -0.39 is 36.1 Å². The van der Waals surface area contributed by atoms with Crippen LogP contribution in [0.4, 0.5) is 5.69 Å². The van der Waals surface area contributed by atoms with Crippen LogP contribution in [-0.2, 0) is 30.4 Å². The van der Waals surface area contributed by atoms with Crippen LogP contribution in [0.1, 0.15) is 89.8 Å². The third-order valence-corrected chi connectivity index (χ3v) is 7.11. The molecule has 3 aromatic carbocycles. The number of nitrogen functional groups attached to an aromatic ring is 1. The normalized spacial score (nSPS) is 11.8. The van der Waals surface area contributed by atoms with Gasteiger partial charge in [-0.25, -0.2) is 19.2 Å². The van der Waals surface area contributed by atoms with Crippen LogP contribution < -0.4 is 10.5 Å². The maximum absolute atomic E-state index is 12.2. The van der Waals surface area contributed by atoms with Crippen LogP contribution in [0.25, 0.3) is 0 Å². The van der Waals surface area contributed by atoms with Gasteiger partial charge < -0.3 is 34.9 Å². The summed E-state index contributed by atoms with van der Waals surface area (Å²) in [5.41, 5.74) is 9.40. The van der Waals surface area contributed by atoms with Crippen molar-refractivity contribution in [1.82, 2.24) is 0 Å². The highest BCUT2D eigenvalue weighted by Gasteiger charge is 2.41. The smallest absolute Gasteiger partial charge is 0.349 e. The van der Waals surface area contributed by atoms with Gasteiger partial charge >= 0.3 is 23.9 Å². The predicted molar refractivity (Wildman–Crippen MR) is 181 cm³/mol. The number of benzene rings is 3. The molecule has 0 aliphatic carbocycles. The molecule has 0 unspecified atom stereocenters. The summed E-state index contributed by atoms with van der Waals surface area (Å²) in [7, 11) is 0. The van der Waals surface area contributed by atoms with Crippen LogP contribution in [0.2, 0.25) is 0 Å². The lowest BCUT2D eigenvalue weighted by Gasteiger charge is -2.21. The van der Waals surface area contributed by atoms with Crippen molar-refractivity contribution in [2.75, 3.05) is 18.9 Å². The number of carbonyl (C=O) groups is 4. The Balaban J connectivity index is 0.000000353. The molecule has 3 aromatic rings. The van der Waals surface area contributed by atoms with Gasteiger partial charge in [-0.1, -0.05) is 74.4 Å². The Morgan fingerprint density at radius 3 is 1.62 bits per heavy atom. The predicted octanol–water partition coefficient (Wildman–Crippen LogP) is 6.77. The molecule has 0 amide bonds. The number of aliphatic carboxylic acids is 2. The zero-order valence-electron chi connectivity index (χ0n) is 28.1. The topological polar surface area (TPSA) is 172 Å². The maximum atomic E-state index is 12.2. The Morgan fingerprint density at radius 2 is 1.17 bits per heavy atom. The van der Waals surface area contributed by atoms with Crippen molar-refractivity contribution in [3.8, 4) is 5.75 Å². The summed E-state index contributed by atoms with van der Waals surface area (Å²) in [4.78, 5) is 47.3. The second-order valence-electron chi connectivity index (χ2n) is 11.2. The highest BCUT2D eigenvalue weighted by atomic mass is 16.6. The minimum Gasteiger partial charge on any atom is -0.493 e. The summed E-state index contributed by atoms with van der Waals surface area (Å²) in [5, 5.41) is 18.6. The highest BCUT2D eigenvalue weighted by molar-refractivity contribution is 5.95. The minimum atomic E-state index is -2.22. The van der Waals surface area contributed by atoms with Crippen molar-refractivity contribution in [2.24, 2.45) is 0 Å². The van der Waals surface area contributed by atoms with E-state index in [4.69, 9.17) is 24.7 Å². The number of unbranched alkanes of at least 4 members (excludes halogenated alkanes) is 5. The minimum absolute atomic E-state index is 0.0332. The summed E-state index contributed by atoms with van der Waals surface area (Å²) in [5.74, 6) is -4.72. The number of aryl methyl sites for hydroxylation is 2. The molecule has 0 fully saturated rings. The van der Waals surface area contributed by atoms with Gasteiger partial charge in [0, 0.05) is 17.9 Å². The Morgan fingerprint density at radius 1 is 0.688 bits per heavy atom. The summed E-state index contributed by atoms with van der Waals surface area (Å²) < 4.78 is 21.0. The molecule has 0 spiro atoms. The number of anilines is 1. The van der Waals surface area contributed by atoms with Crippen molar-refractivity contribution < 1.29 is 48.3 Å². The van der Waals surface area contributed by atoms with Crippen LogP contribution >= 0.6 is 0 Å². The lowest BCUT2D eigenvalue weighted by molar-refractivity contribution is -0.166. The molecule has 0 aromatic heterocycles. The molecule has 0 aliphatic rings. The van der Waals surface area contributed by atoms with Gasteiger partial charge in [-0.2, -0.15) is 0 Å². The van der Waals surface area contributed by atoms with Crippen LogP contribution in [-0.4, -0.2) is 59.5 Å². The Kier molecular flexibility index (Phi) is 17.2. The number of carboxylic acids is 2. The molecule has 4 N–H and O–H groups in total. The van der Waals surface area contributed by atoms with E-state index in [0.29, 0.717) is 13.2 Å². The average Bonchev–Trinajstić information content (AvgIpc) is 3.06. The maximum Gasteiger partial charge on any atom is 0.349 e. The first-order valence-corrected chi connectivity index (χ1v) is 16.1. The van der Waals surface area contributed by atoms with E-state index in [0.717, 1.165) is 41.2 Å². The highest BCUT2D eigenvalue weighted by Crippen LogP contribution is 2.23. The Bertz CT molecular complexity index is 1380. The number of rotatable bonds is 18. The van der Waals surface area contributed by atoms with Crippen molar-refractivity contribution in [2.45, 2.75) is 85.0 Å². The van der Waals surface area contributed by atoms with Crippen molar-refractivity contribution in [3.63, 3.8) is 0 Å². The molecule has 0 saturated carbocycles. The number of nitrogens with two attached hydrogens (primary N) is 1. The van der Waals surface area contributed by atoms with E-state index in [-0.39, 0.29) is 11.1 Å². The molecule has 0 aliphatic heterocycles. The van der Waals surface area contributed by atoms with E-state index in [9.17, 15) is 29.4 Å². The van der Waals surface area contributed by atoms with Gasteiger partial charge in [0.05, 0.1) is 24.3 Å². The van der Waals surface area contributed by atoms with Gasteiger partial charge in [0.25, 0.3) is 0 Å². The van der Waals surface area contributed by atoms with Crippen LogP contribution in [0.3, 0.4) is 0 Å². The van der Waals surface area contributed by atoms with E-state index in [2.05, 4.69) is 6.92 Å². The second-order valence-corrected chi connectivity index (χ2v) is 11.2. The molecular formula is C37H47NO10. The van der Waals surface area contributed by atoms with Gasteiger partial charge in [-0.3, -0.25) is 0 Å². The summed E-state index contributed by atoms with van der Waals surface area (Å²) in [6.07, 6.45) is 3.21. The van der Waals surface area contributed by atoms with Gasteiger partial charge in [0.1, 0.15) is 5.75 Å². The lowest BCUT2D eigenvalue weighted by atomic mass is 10.1. The molecular weight excluding hydrogens is 618 g/mol. The van der Waals surface area contributed by atoms with Gasteiger partial charge in [0.2, 0.25) is 12.2 Å². The number of esters is 2. The van der Waals surface area contributed by atoms with E-state index in [1.54, 1.807) is 38.1 Å². The Hall–Kier alpha value is -4.90. The molecule has 48 heavy (non-hydrogen) atoms. The monoisotopic (exact) mass is 665 g/mol. The molecule has 260 valence electrons. The number of carboxylic acid groups (broad SMARTS) is 2. The fourth-order valence-corrected chi connectivity index (χ4v) is 4.36. The number of hydrogen-bond acceptors (Lipinski definition) is 9. The average molecular weight is 666 g/mol. The first kappa shape index (κ1) is 39.3. The van der Waals surface area contributed by atoms with Gasteiger partial charge in [0.15, 0.2) is 0 Å². The van der Waals surface area contributed by atoms with Gasteiger partial charge in [-0.05, 0) is 69.7 Å². The standard InChI is InChI=1S/C20H18O8.C17H29NO2/c1-11-3-7-13(8-4-11)19(25)27-15(17(21)22)16(18(23)24)28-20(26)14-9-5-12(2)6-10-14;1-3-5-6-7-8-9-12-20-17-11-10-16(18)13-15(17)14-19-4-2/h3-10,15-16H,1-2H3,(H,21,22)(H,23,24);10-11,13H,3-9,12,14,18H2,1-2H3/t15-,16-;/m1./s1. The van der Waals surface area contributed by atoms with Crippen molar-refractivity contribution in [3.05, 3.63) is 94.5 Å². The zero-order valence-corrected chi connectivity index (χ0v) is 28.1. The summed E-state index contributed by atoms with van der Waals surface area (Å²) in [6.45, 7) is 9.85. The van der Waals surface area contributed by atoms with Crippen molar-refractivity contribution >= 4 is 29.6 Å². The summed E-state index contributed by atoms with van der Waals surface area (Å²) >= 11 is 0. The molecule has 3 rings (SSSR count). The second kappa shape index (κ2) is 21.1. The lowest BCUT2D eigenvalue weighted by Crippen LogP contribution is -2.45. The Labute approximate surface area is 282 Å². The number of ether oxygens (including phenoxy) is 4. The first-order chi connectivity index (χ1) is 23.0. The van der Waals surface area contributed by atoms with Crippen LogP contribution in [0.15, 0.2) is 66.7 Å². The molecule has 11 nitrogen and oxygen atoms in total. The SMILES string of the molecule is CCCCCCCCOc1ccc(N)cc1COCC.Cc1ccc(C(=O)O[C@@H](C(=O)O)[C@@H](OC(=O)c2ccc(C)cc2)C(=O)O)cc1. The number of hydrogen-bond donors (Lipinski definition) is 3. The van der Waals surface area contributed by atoms with E-state index in [1.165, 1.54) is 56.4 Å². The molecule has 0 radical (unpaired) electrons. The zero-order chi connectivity index (χ0) is 35.5. The van der Waals surface area contributed by atoms with Crippen molar-refractivity contribution in [1.29, 1.82) is 0 Å². The van der Waals surface area contributed by atoms with Gasteiger partial charge in [-0.15, -0.1) is 0 Å². The van der Waals surface area contributed by atoms with Crippen LogP contribution in [0, 0.1) is 13.8 Å². The molecule has 0 saturated heterocycles. The third kappa shape index (κ3) is 13.8. The molecule has 11 heteroatoms. The van der Waals surface area contributed by atoms with Crippen LogP contribution in [0.5, 0.6) is 5.75 Å². The quantitative estimate of drug-likeness (QED) is 0.0744. The fourth-order valence-electron chi connectivity index (χ4n) is 4.36. The molecule has 0 bridgehead atoms. The fraction of sp³-hybridized carbons (Fsp3) is 0.405. The third-order valence-electron chi connectivity index (χ3n) is 7.11. The molecule has 2 atom stereocenters. The first-order valence-electron chi connectivity index (χ1n) is 16.1. The largest absolute Gasteiger partial charge is 0.493 e. The van der Waals surface area contributed by atoms with E-state index >= 15 is 0 Å². The summed E-state index contributed by atoms with van der Waals surface area (Å²) in [6, 6.07) is 17.8.